The molecule has 0 saturated heterocycles. The van der Waals surface area contributed by atoms with Crippen LogP contribution in [0, 0.1) is 0 Å². The Morgan fingerprint density at radius 2 is 2.07 bits per heavy atom. The summed E-state index contributed by atoms with van der Waals surface area (Å²) in [5.74, 6) is 1.22. The van der Waals surface area contributed by atoms with Crippen LogP contribution in [0.2, 0.25) is 0 Å². The van der Waals surface area contributed by atoms with Crippen molar-refractivity contribution in [2.75, 3.05) is 7.05 Å². The van der Waals surface area contributed by atoms with Gasteiger partial charge in [0.05, 0.1) is 29.0 Å². The molecule has 2 aromatic heterocycles. The average molecular weight is 510 g/mol. The highest BCUT2D eigenvalue weighted by molar-refractivity contribution is 14.0. The Balaban J connectivity index is 0.00000280. The van der Waals surface area contributed by atoms with E-state index in [2.05, 4.69) is 64.0 Å². The third-order valence-corrected chi connectivity index (χ3v) is 5.41. The normalized spacial score (nSPS) is 12.5. The molecule has 1 atom stereocenters. The quantitative estimate of drug-likeness (QED) is 0.291. The van der Waals surface area contributed by atoms with Gasteiger partial charge in [0.1, 0.15) is 0 Å². The summed E-state index contributed by atoms with van der Waals surface area (Å²) < 4.78 is 1.86. The Bertz CT molecular complexity index is 888. The molecular formula is C20H27IN6S. The van der Waals surface area contributed by atoms with Gasteiger partial charge in [-0.15, -0.1) is 35.3 Å². The van der Waals surface area contributed by atoms with Crippen LogP contribution in [0.1, 0.15) is 49.0 Å². The molecule has 0 aliphatic carbocycles. The van der Waals surface area contributed by atoms with E-state index < -0.39 is 0 Å². The maximum Gasteiger partial charge on any atom is 0.191 e. The Labute approximate surface area is 187 Å². The molecule has 1 unspecified atom stereocenters. The van der Waals surface area contributed by atoms with Gasteiger partial charge >= 0.3 is 0 Å². The van der Waals surface area contributed by atoms with Gasteiger partial charge in [-0.3, -0.25) is 4.99 Å². The van der Waals surface area contributed by atoms with Gasteiger partial charge in [-0.05, 0) is 30.7 Å². The van der Waals surface area contributed by atoms with Crippen molar-refractivity contribution in [3.05, 3.63) is 64.4 Å². The molecule has 0 saturated carbocycles. The van der Waals surface area contributed by atoms with Crippen LogP contribution in [0.5, 0.6) is 0 Å². The SMILES string of the molecule is CN=C(NCc1csc(C(C)C)n1)NC(C)c1cccc(-n2cccn2)c1.I. The van der Waals surface area contributed by atoms with Gasteiger partial charge in [-0.1, -0.05) is 26.0 Å². The van der Waals surface area contributed by atoms with Crippen LogP contribution in [0.3, 0.4) is 0 Å². The number of thiazole rings is 1. The van der Waals surface area contributed by atoms with Crippen LogP contribution < -0.4 is 10.6 Å². The summed E-state index contributed by atoms with van der Waals surface area (Å²) in [6, 6.07) is 10.4. The zero-order valence-corrected chi connectivity index (χ0v) is 19.7. The third-order valence-electron chi connectivity index (χ3n) is 4.22. The van der Waals surface area contributed by atoms with E-state index in [0.717, 1.165) is 17.3 Å². The highest BCUT2D eigenvalue weighted by Crippen LogP contribution is 2.19. The van der Waals surface area contributed by atoms with Crippen molar-refractivity contribution >= 4 is 41.3 Å². The highest BCUT2D eigenvalue weighted by Gasteiger charge is 2.10. The summed E-state index contributed by atoms with van der Waals surface area (Å²) in [6.07, 6.45) is 3.72. The molecule has 150 valence electrons. The van der Waals surface area contributed by atoms with Crippen LogP contribution >= 0.6 is 35.3 Å². The molecule has 0 fully saturated rings. The minimum atomic E-state index is 0. The first-order valence-electron chi connectivity index (χ1n) is 9.08. The highest BCUT2D eigenvalue weighted by atomic mass is 127. The van der Waals surface area contributed by atoms with E-state index in [1.54, 1.807) is 24.6 Å². The Morgan fingerprint density at radius 3 is 2.71 bits per heavy atom. The second kappa shape index (κ2) is 10.6. The monoisotopic (exact) mass is 510 g/mol. The predicted molar refractivity (Wildman–Crippen MR) is 127 cm³/mol. The molecule has 8 heteroatoms. The largest absolute Gasteiger partial charge is 0.351 e. The standard InChI is InChI=1S/C20H26N6S.HI/c1-14(2)19-25-17(13-27-19)12-22-20(21-4)24-15(3)16-7-5-8-18(11-16)26-10-6-9-23-26;/h5-11,13-15H,12H2,1-4H3,(H2,21,22,24);1H. The van der Waals surface area contributed by atoms with Crippen molar-refractivity contribution in [1.82, 2.24) is 25.4 Å². The van der Waals surface area contributed by atoms with Gasteiger partial charge in [-0.2, -0.15) is 5.10 Å². The molecule has 28 heavy (non-hydrogen) atoms. The van der Waals surface area contributed by atoms with Crippen molar-refractivity contribution in [2.24, 2.45) is 4.99 Å². The van der Waals surface area contributed by atoms with Crippen molar-refractivity contribution in [3.8, 4) is 5.69 Å². The Morgan fingerprint density at radius 1 is 1.25 bits per heavy atom. The number of nitrogens with zero attached hydrogens (tertiary/aromatic N) is 4. The lowest BCUT2D eigenvalue weighted by Gasteiger charge is -2.18. The molecule has 0 spiro atoms. The number of benzene rings is 1. The summed E-state index contributed by atoms with van der Waals surface area (Å²) in [5.41, 5.74) is 3.25. The van der Waals surface area contributed by atoms with Gasteiger partial charge in [-0.25, -0.2) is 9.67 Å². The maximum atomic E-state index is 4.66. The van der Waals surface area contributed by atoms with E-state index in [1.807, 2.05) is 29.1 Å². The molecule has 0 amide bonds. The van der Waals surface area contributed by atoms with Crippen LogP contribution in [0.4, 0.5) is 0 Å². The molecule has 0 aliphatic rings. The van der Waals surface area contributed by atoms with Crippen molar-refractivity contribution in [1.29, 1.82) is 0 Å². The summed E-state index contributed by atoms with van der Waals surface area (Å²) >= 11 is 1.71. The molecule has 0 aliphatic heterocycles. The van der Waals surface area contributed by atoms with Crippen molar-refractivity contribution < 1.29 is 0 Å². The number of guanidine groups is 1. The number of rotatable bonds is 6. The molecule has 0 radical (unpaired) electrons. The number of hydrogen-bond acceptors (Lipinski definition) is 4. The second-order valence-electron chi connectivity index (χ2n) is 6.67. The zero-order chi connectivity index (χ0) is 19.2. The van der Waals surface area contributed by atoms with Gasteiger partial charge in [0, 0.05) is 30.7 Å². The summed E-state index contributed by atoms with van der Waals surface area (Å²) in [6.45, 7) is 7.10. The van der Waals surface area contributed by atoms with Crippen molar-refractivity contribution in [3.63, 3.8) is 0 Å². The third kappa shape index (κ3) is 5.78. The summed E-state index contributed by atoms with van der Waals surface area (Å²) in [5, 5.41) is 14.4. The Hall–Kier alpha value is -1.94. The minimum Gasteiger partial charge on any atom is -0.351 e. The average Bonchev–Trinajstić information content (AvgIpc) is 3.37. The molecule has 2 N–H and O–H groups in total. The zero-order valence-electron chi connectivity index (χ0n) is 16.6. The van der Waals surface area contributed by atoms with E-state index in [9.17, 15) is 0 Å². The van der Waals surface area contributed by atoms with E-state index in [4.69, 9.17) is 0 Å². The number of halogens is 1. The molecule has 3 aromatic rings. The van der Waals surface area contributed by atoms with Crippen molar-refractivity contribution in [2.45, 2.75) is 39.3 Å². The summed E-state index contributed by atoms with van der Waals surface area (Å²) in [4.78, 5) is 8.99. The molecule has 1 aromatic carbocycles. The lowest BCUT2D eigenvalue weighted by molar-refractivity contribution is 0.681. The fourth-order valence-corrected chi connectivity index (χ4v) is 3.52. The van der Waals surface area contributed by atoms with Gasteiger partial charge in [0.15, 0.2) is 5.96 Å². The molecular weight excluding hydrogens is 483 g/mol. The van der Waals surface area contributed by atoms with Crippen LogP contribution in [0.15, 0.2) is 53.1 Å². The molecule has 0 bridgehead atoms. The number of aliphatic imine (C=N–C) groups is 1. The van der Waals surface area contributed by atoms with E-state index in [-0.39, 0.29) is 30.0 Å². The van der Waals surface area contributed by atoms with E-state index in [1.165, 1.54) is 10.6 Å². The smallest absolute Gasteiger partial charge is 0.191 e. The first-order valence-corrected chi connectivity index (χ1v) is 9.96. The topological polar surface area (TPSA) is 67.1 Å². The number of aromatic nitrogens is 3. The molecule has 2 heterocycles. The molecule has 6 nitrogen and oxygen atoms in total. The lowest BCUT2D eigenvalue weighted by Crippen LogP contribution is -2.38. The Kier molecular flexibility index (Phi) is 8.43. The van der Waals surface area contributed by atoms with Gasteiger partial charge in [0.25, 0.3) is 0 Å². The lowest BCUT2D eigenvalue weighted by atomic mass is 10.1. The van der Waals surface area contributed by atoms with Crippen LogP contribution in [-0.4, -0.2) is 27.8 Å². The first kappa shape index (κ1) is 22.4. The minimum absolute atomic E-state index is 0. The second-order valence-corrected chi connectivity index (χ2v) is 7.56. The number of nitrogens with one attached hydrogen (secondary N) is 2. The summed E-state index contributed by atoms with van der Waals surface area (Å²) in [7, 11) is 1.78. The fraction of sp³-hybridized carbons (Fsp3) is 0.350. The molecule has 3 rings (SSSR count). The van der Waals surface area contributed by atoms with Crippen LogP contribution in [-0.2, 0) is 6.54 Å². The number of hydrogen-bond donors (Lipinski definition) is 2. The fourth-order valence-electron chi connectivity index (χ4n) is 2.68. The van der Waals surface area contributed by atoms with E-state index in [0.29, 0.717) is 12.5 Å². The van der Waals surface area contributed by atoms with Crippen LogP contribution in [0.25, 0.3) is 5.69 Å². The van der Waals surface area contributed by atoms with E-state index >= 15 is 0 Å². The van der Waals surface area contributed by atoms with Gasteiger partial charge < -0.3 is 10.6 Å². The predicted octanol–water partition coefficient (Wildman–Crippen LogP) is 4.50. The van der Waals surface area contributed by atoms with Gasteiger partial charge in [0.2, 0.25) is 0 Å². The first-order chi connectivity index (χ1) is 13.1. The maximum absolute atomic E-state index is 4.66.